The first-order valence-corrected chi connectivity index (χ1v) is 7.43. The summed E-state index contributed by atoms with van der Waals surface area (Å²) in [5.74, 6) is -3.26. The number of hydrogen-bond donors (Lipinski definition) is 8. The van der Waals surface area contributed by atoms with Crippen molar-refractivity contribution >= 4 is 5.91 Å². The van der Waals surface area contributed by atoms with Crippen LogP contribution >= 0.6 is 0 Å². The minimum Gasteiger partial charge on any atom is -0.394 e. The Morgan fingerprint density at radius 2 is 1.75 bits per heavy atom. The average Bonchev–Trinajstić information content (AvgIpc) is 2.52. The zero-order valence-corrected chi connectivity index (χ0v) is 12.9. The number of rotatable bonds is 3. The van der Waals surface area contributed by atoms with Crippen LogP contribution in [0.5, 0.6) is 0 Å². The molecule has 2 heterocycles. The molecule has 0 radical (unpaired) electrons. The minimum absolute atomic E-state index is 0.455. The van der Waals surface area contributed by atoms with Crippen LogP contribution in [0, 0.1) is 0 Å². The van der Waals surface area contributed by atoms with Gasteiger partial charge in [-0.1, -0.05) is 0 Å². The molecule has 8 N–H and O–H groups in total. The van der Waals surface area contributed by atoms with E-state index < -0.39 is 73.7 Å². The predicted molar refractivity (Wildman–Crippen MR) is 74.3 cm³/mol. The summed E-state index contributed by atoms with van der Waals surface area (Å²) in [4.78, 5) is 11.4. The highest BCUT2D eigenvalue weighted by molar-refractivity contribution is 5.73. The van der Waals surface area contributed by atoms with Gasteiger partial charge in [-0.05, 0) is 0 Å². The lowest BCUT2D eigenvalue weighted by molar-refractivity contribution is -0.376. The van der Waals surface area contributed by atoms with Crippen molar-refractivity contribution in [2.24, 2.45) is 0 Å². The van der Waals surface area contributed by atoms with Crippen LogP contribution in [0.1, 0.15) is 6.92 Å². The van der Waals surface area contributed by atoms with Crippen molar-refractivity contribution < 1.29 is 50.0 Å². The van der Waals surface area contributed by atoms with Gasteiger partial charge >= 0.3 is 0 Å². The molecule has 2 fully saturated rings. The molecule has 11 nitrogen and oxygen atoms in total. The molecule has 9 atom stereocenters. The maximum atomic E-state index is 11.4. The molecule has 2 aliphatic rings. The Hall–Kier alpha value is -0.890. The van der Waals surface area contributed by atoms with E-state index in [1.54, 1.807) is 0 Å². The Balaban J connectivity index is 2.37. The second-order valence-electron chi connectivity index (χ2n) is 6.05. The van der Waals surface area contributed by atoms with Crippen LogP contribution in [-0.2, 0) is 14.3 Å². The number of hydrogen-bond acceptors (Lipinski definition) is 10. The molecule has 2 saturated heterocycles. The van der Waals surface area contributed by atoms with E-state index in [4.69, 9.17) is 9.47 Å². The molecule has 0 bridgehead atoms. The van der Waals surface area contributed by atoms with Gasteiger partial charge in [0.15, 0.2) is 0 Å². The van der Waals surface area contributed by atoms with Gasteiger partial charge in [-0.15, -0.1) is 0 Å². The summed E-state index contributed by atoms with van der Waals surface area (Å²) in [6.07, 6.45) is -11.4. The van der Waals surface area contributed by atoms with Crippen LogP contribution < -0.4 is 5.32 Å². The summed E-state index contributed by atoms with van der Waals surface area (Å²) in [6, 6.07) is -1.63. The molecule has 0 saturated carbocycles. The first-order valence-electron chi connectivity index (χ1n) is 7.43. The molecule has 0 aromatic carbocycles. The topological polar surface area (TPSA) is 189 Å². The molecule has 0 aliphatic carbocycles. The number of aliphatic hydroxyl groups excluding tert-OH is 6. The van der Waals surface area contributed by atoms with Gasteiger partial charge in [-0.25, -0.2) is 0 Å². The summed E-state index contributed by atoms with van der Waals surface area (Å²) in [5, 5.41) is 71.8. The molecule has 0 spiro atoms. The highest BCUT2D eigenvalue weighted by Gasteiger charge is 2.61. The zero-order chi connectivity index (χ0) is 18.2. The van der Waals surface area contributed by atoms with E-state index in [-0.39, 0.29) is 0 Å². The molecule has 11 heteroatoms. The van der Waals surface area contributed by atoms with E-state index in [0.717, 1.165) is 6.92 Å². The molecule has 2 aliphatic heterocycles. The fraction of sp³-hybridized carbons (Fsp3) is 0.923. The third kappa shape index (κ3) is 3.27. The van der Waals surface area contributed by atoms with Gasteiger partial charge in [0.1, 0.15) is 48.8 Å². The Morgan fingerprint density at radius 3 is 2.29 bits per heavy atom. The average molecular weight is 353 g/mol. The van der Waals surface area contributed by atoms with Crippen molar-refractivity contribution in [2.45, 2.75) is 61.5 Å². The molecule has 2 unspecified atom stereocenters. The van der Waals surface area contributed by atoms with Gasteiger partial charge in [0.25, 0.3) is 0 Å². The highest BCUT2D eigenvalue weighted by atomic mass is 16.7. The number of amides is 1. The quantitative estimate of drug-likeness (QED) is 0.243. The number of carbonyl (C=O) groups excluding carboxylic acids is 1. The Labute approximate surface area is 137 Å². The fourth-order valence-corrected chi connectivity index (χ4v) is 3.01. The van der Waals surface area contributed by atoms with Crippen LogP contribution in [0.25, 0.3) is 0 Å². The van der Waals surface area contributed by atoms with Gasteiger partial charge in [-0.3, -0.25) is 4.79 Å². The lowest BCUT2D eigenvalue weighted by atomic mass is 9.82. The van der Waals surface area contributed by atoms with Crippen molar-refractivity contribution in [1.29, 1.82) is 0 Å². The number of aliphatic hydroxyl groups is 7. The van der Waals surface area contributed by atoms with Crippen molar-refractivity contribution in [2.75, 3.05) is 13.2 Å². The van der Waals surface area contributed by atoms with Gasteiger partial charge in [0, 0.05) is 6.92 Å². The first-order chi connectivity index (χ1) is 11.1. The van der Waals surface area contributed by atoms with Crippen molar-refractivity contribution in [3.05, 3.63) is 0 Å². The number of ether oxygens (including phenoxy) is 2. The monoisotopic (exact) mass is 353 g/mol. The van der Waals surface area contributed by atoms with E-state index in [1.807, 2.05) is 0 Å². The SMILES string of the molecule is CC(=O)N[C@@H]1[C@@H](O)[C@H](O)[C@@H](CO)OC1(O)C1OC[C@@H](O)[C@H](O)[C@H]1O. The molecule has 140 valence electrons. The standard InChI is InChI=1S/C13H23NO10/c1-4(16)14-11-9(20)8(19)6(2-15)24-13(11,22)12-10(21)7(18)5(17)3-23-12/h5-12,15,17-22H,2-3H2,1H3,(H,14,16)/t5-,6-,7+,8-,9+,10-,11-,12?,13?/m1/s1. The maximum absolute atomic E-state index is 11.4. The number of carbonyl (C=O) groups is 1. The van der Waals surface area contributed by atoms with E-state index >= 15 is 0 Å². The van der Waals surface area contributed by atoms with Gasteiger partial charge in [0.05, 0.1) is 13.2 Å². The maximum Gasteiger partial charge on any atom is 0.219 e. The molecular formula is C13H23NO10. The molecule has 0 aromatic rings. The zero-order valence-electron chi connectivity index (χ0n) is 12.9. The highest BCUT2D eigenvalue weighted by Crippen LogP contribution is 2.36. The van der Waals surface area contributed by atoms with Gasteiger partial charge in [-0.2, -0.15) is 0 Å². The molecule has 2 rings (SSSR count). The first kappa shape index (κ1) is 19.4. The van der Waals surface area contributed by atoms with Crippen LogP contribution in [0.15, 0.2) is 0 Å². The Kier molecular flexibility index (Phi) is 5.79. The van der Waals surface area contributed by atoms with Gasteiger partial charge < -0.3 is 50.5 Å². The third-order valence-electron chi connectivity index (χ3n) is 4.31. The predicted octanol–water partition coefficient (Wildman–Crippen LogP) is -5.23. The fourth-order valence-electron chi connectivity index (χ4n) is 3.01. The summed E-state index contributed by atoms with van der Waals surface area (Å²) in [5.41, 5.74) is 0. The van der Waals surface area contributed by atoms with Crippen LogP contribution in [0.4, 0.5) is 0 Å². The summed E-state index contributed by atoms with van der Waals surface area (Å²) in [7, 11) is 0. The van der Waals surface area contributed by atoms with Crippen molar-refractivity contribution in [3.63, 3.8) is 0 Å². The van der Waals surface area contributed by atoms with Gasteiger partial charge in [0.2, 0.25) is 11.7 Å². The van der Waals surface area contributed by atoms with Crippen molar-refractivity contribution in [1.82, 2.24) is 5.32 Å². The largest absolute Gasteiger partial charge is 0.394 e. The lowest BCUT2D eigenvalue weighted by Crippen LogP contribution is -2.77. The molecular weight excluding hydrogens is 330 g/mol. The molecule has 1 amide bonds. The Morgan fingerprint density at radius 1 is 1.12 bits per heavy atom. The van der Waals surface area contributed by atoms with Crippen LogP contribution in [0.3, 0.4) is 0 Å². The summed E-state index contributed by atoms with van der Waals surface area (Å²) >= 11 is 0. The second-order valence-corrected chi connectivity index (χ2v) is 6.05. The van der Waals surface area contributed by atoms with Crippen molar-refractivity contribution in [3.8, 4) is 0 Å². The minimum atomic E-state index is -2.59. The molecule has 24 heavy (non-hydrogen) atoms. The molecule has 0 aromatic heterocycles. The smallest absolute Gasteiger partial charge is 0.219 e. The van der Waals surface area contributed by atoms with E-state index in [2.05, 4.69) is 5.32 Å². The lowest BCUT2D eigenvalue weighted by Gasteiger charge is -2.52. The van der Waals surface area contributed by atoms with Crippen LogP contribution in [-0.4, -0.2) is 109 Å². The van der Waals surface area contributed by atoms with E-state index in [0.29, 0.717) is 0 Å². The summed E-state index contributed by atoms with van der Waals surface area (Å²) in [6.45, 7) is -0.139. The normalized spacial score (nSPS) is 49.7. The van der Waals surface area contributed by atoms with Crippen LogP contribution in [0.2, 0.25) is 0 Å². The number of nitrogens with one attached hydrogen (secondary N) is 1. The summed E-state index contributed by atoms with van der Waals surface area (Å²) < 4.78 is 10.4. The van der Waals surface area contributed by atoms with E-state index in [9.17, 15) is 40.5 Å². The van der Waals surface area contributed by atoms with E-state index in [1.165, 1.54) is 0 Å². The third-order valence-corrected chi connectivity index (χ3v) is 4.31. The second kappa shape index (κ2) is 7.15. The Bertz CT molecular complexity index is 464.